The fourth-order valence-corrected chi connectivity index (χ4v) is 17.5. The van der Waals surface area contributed by atoms with Crippen LogP contribution in [0, 0.1) is 50.2 Å². The van der Waals surface area contributed by atoms with Gasteiger partial charge in [-0.3, -0.25) is 4.79 Å². The number of aliphatic carboxylic acids is 1. The van der Waals surface area contributed by atoms with Gasteiger partial charge in [0, 0.05) is 17.9 Å². The molecule has 4 heterocycles. The maximum atomic E-state index is 14.1. The molecule has 0 aromatic carbocycles. The lowest BCUT2D eigenvalue weighted by Crippen LogP contribution is -2.77. The van der Waals surface area contributed by atoms with E-state index in [9.17, 15) is 85.9 Å². The van der Waals surface area contributed by atoms with E-state index in [1.54, 1.807) is 6.92 Å². The Balaban J connectivity index is 1.05. The standard InChI is InChI=1S/C60H94O27/c1-12-23(2)50(77)86-48-47(87-53-40(72)41(79-25(4)64)33(65)24(3)78-53)55(5,6)19-27-26-13-14-31-57(9)17-16-32(56(7,8)30(57)15-18-58(31,10)59(26,11)45(73)46(74)60(27,48)22-63)82-54-44(85-52-38(70)36(68)34(66)28(20-61)80-52)42(39(71)43(84-54)49(75)76)83-51-37(69)35(67)29(21-62)81-51/h12-13,24,27-48,51-54,61-63,65-74H,14-22H2,1-11H3,(H,75,76)/b23-12-/t24-,27?,28+,29+,30?,31?,32-,33-,34-,35+,36-,37-,38+,39-,40+,41+,42-,43-,44+,45+,46-,47-,48+,51+,52-,53-,54-,57-,58+,59-,60-/m0/s1. The van der Waals surface area contributed by atoms with Gasteiger partial charge in [-0.2, -0.15) is 0 Å². The number of carboxylic acids is 1. The van der Waals surface area contributed by atoms with Gasteiger partial charge in [0.2, 0.25) is 0 Å². The van der Waals surface area contributed by atoms with Crippen molar-refractivity contribution in [1.82, 2.24) is 0 Å². The van der Waals surface area contributed by atoms with E-state index in [0.717, 1.165) is 12.5 Å². The summed E-state index contributed by atoms with van der Waals surface area (Å²) in [5.74, 6) is -4.42. The van der Waals surface area contributed by atoms with E-state index in [-0.39, 0.29) is 30.3 Å². The Kier molecular flexibility index (Phi) is 19.5. The van der Waals surface area contributed by atoms with Crippen LogP contribution in [0.1, 0.15) is 115 Å². The molecular formula is C60H94O27. The van der Waals surface area contributed by atoms with Crippen LogP contribution >= 0.6 is 0 Å². The molecule has 3 unspecified atom stereocenters. The predicted molar refractivity (Wildman–Crippen MR) is 294 cm³/mol. The van der Waals surface area contributed by atoms with Gasteiger partial charge in [0.15, 0.2) is 37.4 Å². The minimum absolute atomic E-state index is 0.191. The Hall–Kier alpha value is -2.95. The summed E-state index contributed by atoms with van der Waals surface area (Å²) in [5, 5.41) is 157. The largest absolute Gasteiger partial charge is 0.479 e. The van der Waals surface area contributed by atoms with Gasteiger partial charge in [0.25, 0.3) is 0 Å². The van der Waals surface area contributed by atoms with Gasteiger partial charge >= 0.3 is 17.9 Å². The van der Waals surface area contributed by atoms with Crippen molar-refractivity contribution in [1.29, 1.82) is 0 Å². The van der Waals surface area contributed by atoms with Gasteiger partial charge in [-0.25, -0.2) is 9.59 Å². The fourth-order valence-electron chi connectivity index (χ4n) is 17.5. The van der Waals surface area contributed by atoms with Gasteiger partial charge in [-0.15, -0.1) is 0 Å². The van der Waals surface area contributed by atoms with Gasteiger partial charge < -0.3 is 119 Å². The van der Waals surface area contributed by atoms with E-state index in [2.05, 4.69) is 19.9 Å². The highest BCUT2D eigenvalue weighted by Crippen LogP contribution is 2.76. The molecule has 27 heteroatoms. The van der Waals surface area contributed by atoms with Crippen LogP contribution in [0.2, 0.25) is 0 Å². The second kappa shape index (κ2) is 24.8. The van der Waals surface area contributed by atoms with Crippen molar-refractivity contribution in [2.75, 3.05) is 19.8 Å². The number of carbonyl (C=O) groups is 3. The van der Waals surface area contributed by atoms with E-state index in [1.807, 2.05) is 34.6 Å². The quantitative estimate of drug-likeness (QED) is 0.0371. The molecule has 0 radical (unpaired) electrons. The normalized spacial score (nSPS) is 51.2. The molecule has 0 bridgehead atoms. The van der Waals surface area contributed by atoms with Gasteiger partial charge in [0.1, 0.15) is 85.5 Å². The molecule has 4 saturated heterocycles. The van der Waals surface area contributed by atoms with Crippen LogP contribution in [-0.2, 0) is 61.8 Å². The number of ether oxygens (including phenoxy) is 10. The number of rotatable bonds is 15. The van der Waals surface area contributed by atoms with Gasteiger partial charge in [-0.1, -0.05) is 66.2 Å². The minimum Gasteiger partial charge on any atom is -0.479 e. The van der Waals surface area contributed by atoms with Crippen molar-refractivity contribution in [2.45, 2.75) is 262 Å². The summed E-state index contributed by atoms with van der Waals surface area (Å²) in [6.07, 6.45) is -34.0. The SMILES string of the molecule is C/C=C(/C)C(=O)O[C@@H]1[C@H](O[C@@H]2O[C@@H](C)[C@H](O)[C@@H](OC(C)=O)[C@H]2O)C(C)(C)CC2C3=CCC4[C@@]5(C)CC[C@H](O[C@H]6O[C@H](C(=O)O)[C@@H](O)[C@H](O[C@H]7O[C@H](CO)[C@@H](O)[C@@H]7O)[C@H]6O[C@@H]6O[C@H](CO)[C@H](O)[C@H](O)[C@H]6O)C(C)(C)C5CC[C@@]4(C)[C@]3(C)[C@H](O)[C@H](O)[C@]21CO. The second-order valence-electron chi connectivity index (χ2n) is 28.0. The van der Waals surface area contributed by atoms with Crippen LogP contribution in [0.5, 0.6) is 0 Å². The molecule has 4 aliphatic heterocycles. The molecule has 87 heavy (non-hydrogen) atoms. The maximum absolute atomic E-state index is 14.1. The first-order valence-electron chi connectivity index (χ1n) is 30.4. The third-order valence-corrected chi connectivity index (χ3v) is 22.7. The summed E-state index contributed by atoms with van der Waals surface area (Å²) >= 11 is 0. The Morgan fingerprint density at radius 1 is 0.621 bits per heavy atom. The number of fused-ring (bicyclic) bond motifs is 7. The van der Waals surface area contributed by atoms with Crippen LogP contribution in [0.25, 0.3) is 0 Å². The number of allylic oxidation sites excluding steroid dienone is 2. The Bertz CT molecular complexity index is 2560. The number of hydrogen-bond donors (Lipinski definition) is 14. The first-order valence-corrected chi connectivity index (χ1v) is 30.4. The lowest BCUT2D eigenvalue weighted by atomic mass is 9.32. The number of aliphatic hydroxyl groups is 13. The number of aliphatic hydroxyl groups excluding tert-OH is 13. The van der Waals surface area contributed by atoms with Gasteiger partial charge in [-0.05, 0) is 98.7 Å². The molecule has 496 valence electrons. The first kappa shape index (κ1) is 68.4. The first-order chi connectivity index (χ1) is 40.6. The molecule has 14 N–H and O–H groups in total. The highest BCUT2D eigenvalue weighted by atomic mass is 16.8. The predicted octanol–water partition coefficient (Wildman–Crippen LogP) is -1.83. The smallest absolute Gasteiger partial charge is 0.335 e. The van der Waals surface area contributed by atoms with Crippen LogP contribution in [0.4, 0.5) is 0 Å². The van der Waals surface area contributed by atoms with Crippen LogP contribution in [0.3, 0.4) is 0 Å². The highest BCUT2D eigenvalue weighted by molar-refractivity contribution is 5.87. The number of esters is 2. The molecule has 27 nitrogen and oxygen atoms in total. The summed E-state index contributed by atoms with van der Waals surface area (Å²) < 4.78 is 61.0. The zero-order valence-electron chi connectivity index (χ0n) is 51.2. The highest BCUT2D eigenvalue weighted by Gasteiger charge is 2.76. The topological polar surface area (TPSA) is 427 Å². The van der Waals surface area contributed by atoms with E-state index >= 15 is 0 Å². The lowest BCUT2D eigenvalue weighted by molar-refractivity contribution is -0.386. The monoisotopic (exact) mass is 1250 g/mol. The lowest BCUT2D eigenvalue weighted by Gasteiger charge is -2.73. The van der Waals surface area contributed by atoms with Crippen molar-refractivity contribution in [2.24, 2.45) is 50.2 Å². The summed E-state index contributed by atoms with van der Waals surface area (Å²) in [7, 11) is 0. The number of hydrogen-bond acceptors (Lipinski definition) is 26. The molecule has 9 aliphatic rings. The molecule has 0 aromatic heterocycles. The van der Waals surface area contributed by atoms with Gasteiger partial charge in [0.05, 0.1) is 49.7 Å². The number of carbonyl (C=O) groups excluding carboxylic acids is 2. The van der Waals surface area contributed by atoms with Crippen LogP contribution in [0.15, 0.2) is 23.3 Å². The molecule has 0 spiro atoms. The van der Waals surface area contributed by atoms with E-state index in [4.69, 9.17) is 47.4 Å². The molecule has 31 atom stereocenters. The van der Waals surface area contributed by atoms with Crippen LogP contribution in [-0.4, -0.2) is 256 Å². The van der Waals surface area contributed by atoms with Crippen molar-refractivity contribution in [3.05, 3.63) is 23.3 Å². The maximum Gasteiger partial charge on any atom is 0.335 e. The second-order valence-corrected chi connectivity index (χ2v) is 28.0. The molecule has 4 saturated carbocycles. The average molecular weight is 1250 g/mol. The zero-order valence-corrected chi connectivity index (χ0v) is 51.2. The van der Waals surface area contributed by atoms with Crippen molar-refractivity contribution >= 4 is 17.9 Å². The third-order valence-electron chi connectivity index (χ3n) is 22.7. The molecule has 0 amide bonds. The average Bonchev–Trinajstić information content (AvgIpc) is 0.897. The Morgan fingerprint density at radius 2 is 1.21 bits per heavy atom. The van der Waals surface area contributed by atoms with E-state index < -0.39 is 223 Å². The molecule has 8 fully saturated rings. The summed E-state index contributed by atoms with van der Waals surface area (Å²) in [5.41, 5.74) is -5.31. The molecule has 5 aliphatic carbocycles. The van der Waals surface area contributed by atoms with Crippen molar-refractivity contribution in [3.8, 4) is 0 Å². The molecule has 0 aromatic rings. The minimum atomic E-state index is -2.15. The third kappa shape index (κ3) is 11.0. The fraction of sp³-hybridized carbons (Fsp3) is 0.883. The summed E-state index contributed by atoms with van der Waals surface area (Å²) in [4.78, 5) is 39.2. The molecular weight excluding hydrogens is 1150 g/mol. The Labute approximate surface area is 505 Å². The Morgan fingerprint density at radius 3 is 1.78 bits per heavy atom. The zero-order chi connectivity index (χ0) is 64.3. The van der Waals surface area contributed by atoms with E-state index in [0.29, 0.717) is 25.7 Å². The van der Waals surface area contributed by atoms with Crippen molar-refractivity contribution in [3.63, 3.8) is 0 Å². The van der Waals surface area contributed by atoms with Crippen LogP contribution < -0.4 is 0 Å². The molecule has 9 rings (SSSR count). The van der Waals surface area contributed by atoms with E-state index in [1.165, 1.54) is 19.9 Å². The van der Waals surface area contributed by atoms with Crippen molar-refractivity contribution < 1.29 is 133 Å². The summed E-state index contributed by atoms with van der Waals surface area (Å²) in [6.45, 7) is 17.3. The number of carboxylic acid groups (broad SMARTS) is 1. The summed E-state index contributed by atoms with van der Waals surface area (Å²) in [6, 6.07) is 0.